The van der Waals surface area contributed by atoms with Gasteiger partial charge in [-0.25, -0.2) is 9.78 Å². The highest BCUT2D eigenvalue weighted by molar-refractivity contribution is 5.89. The van der Waals surface area contributed by atoms with E-state index in [0.717, 1.165) is 56.2 Å². The van der Waals surface area contributed by atoms with Gasteiger partial charge in [-0.2, -0.15) is 0 Å². The average molecular weight is 415 g/mol. The number of amides is 2. The first-order valence-electron chi connectivity index (χ1n) is 10.6. The summed E-state index contributed by atoms with van der Waals surface area (Å²) < 4.78 is 18.6. The van der Waals surface area contributed by atoms with E-state index >= 15 is 0 Å². The minimum absolute atomic E-state index is 0.0671. The van der Waals surface area contributed by atoms with Crippen molar-refractivity contribution in [2.24, 2.45) is 5.92 Å². The zero-order chi connectivity index (χ0) is 20.9. The normalized spacial score (nSPS) is 16.5. The molecule has 2 aliphatic rings. The fraction of sp³-hybridized carbons (Fsp3) is 0.545. The monoisotopic (exact) mass is 414 g/mol. The smallest absolute Gasteiger partial charge is 0.321 e. The first-order valence-corrected chi connectivity index (χ1v) is 10.6. The summed E-state index contributed by atoms with van der Waals surface area (Å²) in [5.74, 6) is 3.05. The van der Waals surface area contributed by atoms with Crippen molar-refractivity contribution < 1.29 is 19.0 Å². The molecular formula is C22H30N4O4. The SMILES string of the molecule is COCCn1c(C)cnc1CC1CCN(C(=O)Nc2ccc3c(c2)OCCO3)CC1. The van der Waals surface area contributed by atoms with Crippen LogP contribution in [0, 0.1) is 12.8 Å². The molecule has 1 aromatic heterocycles. The fourth-order valence-electron chi connectivity index (χ4n) is 4.08. The molecule has 0 saturated carbocycles. The Morgan fingerprint density at radius 2 is 2.00 bits per heavy atom. The highest BCUT2D eigenvalue weighted by atomic mass is 16.6. The third-order valence-corrected chi connectivity index (χ3v) is 5.82. The summed E-state index contributed by atoms with van der Waals surface area (Å²) in [6.07, 6.45) is 4.82. The Morgan fingerprint density at radius 3 is 2.77 bits per heavy atom. The summed E-state index contributed by atoms with van der Waals surface area (Å²) >= 11 is 0. The number of hydrogen-bond acceptors (Lipinski definition) is 5. The second-order valence-corrected chi connectivity index (χ2v) is 7.88. The van der Waals surface area contributed by atoms with Gasteiger partial charge < -0.3 is 29.0 Å². The summed E-state index contributed by atoms with van der Waals surface area (Å²) in [5, 5.41) is 2.98. The van der Waals surface area contributed by atoms with Gasteiger partial charge in [0.05, 0.1) is 6.61 Å². The van der Waals surface area contributed by atoms with Gasteiger partial charge in [0.25, 0.3) is 0 Å². The third-order valence-electron chi connectivity index (χ3n) is 5.82. The Balaban J connectivity index is 1.29. The number of imidazole rings is 1. The van der Waals surface area contributed by atoms with E-state index in [1.165, 1.54) is 5.69 Å². The predicted molar refractivity (Wildman–Crippen MR) is 113 cm³/mol. The van der Waals surface area contributed by atoms with Crippen LogP contribution in [-0.2, 0) is 17.7 Å². The quantitative estimate of drug-likeness (QED) is 0.786. The zero-order valence-corrected chi connectivity index (χ0v) is 17.7. The molecule has 1 aromatic carbocycles. The molecule has 0 bridgehead atoms. The van der Waals surface area contributed by atoms with Gasteiger partial charge in [0, 0.05) is 56.8 Å². The molecule has 1 fully saturated rings. The lowest BCUT2D eigenvalue weighted by atomic mass is 9.93. The molecule has 0 spiro atoms. The van der Waals surface area contributed by atoms with Crippen LogP contribution in [0.15, 0.2) is 24.4 Å². The van der Waals surface area contributed by atoms with Crippen molar-refractivity contribution in [2.45, 2.75) is 32.7 Å². The highest BCUT2D eigenvalue weighted by Gasteiger charge is 2.25. The number of carbonyl (C=O) groups is 1. The summed E-state index contributed by atoms with van der Waals surface area (Å²) in [4.78, 5) is 19.2. The van der Waals surface area contributed by atoms with Gasteiger partial charge in [-0.1, -0.05) is 0 Å². The number of rotatable bonds is 6. The van der Waals surface area contributed by atoms with Crippen molar-refractivity contribution in [1.29, 1.82) is 0 Å². The standard InChI is InChI=1S/C22H30N4O4/c1-16-15-23-21(26(16)9-10-28-2)13-17-5-7-25(8-6-17)22(27)24-18-3-4-19-20(14-18)30-12-11-29-19/h3-4,14-15,17H,5-13H2,1-2H3,(H,24,27). The summed E-state index contributed by atoms with van der Waals surface area (Å²) in [6, 6.07) is 5.44. The van der Waals surface area contributed by atoms with Crippen molar-refractivity contribution in [3.63, 3.8) is 0 Å². The first-order chi connectivity index (χ1) is 14.6. The lowest BCUT2D eigenvalue weighted by molar-refractivity contribution is 0.171. The van der Waals surface area contributed by atoms with Crippen LogP contribution in [0.3, 0.4) is 0 Å². The Labute approximate surface area is 177 Å². The summed E-state index contributed by atoms with van der Waals surface area (Å²) in [7, 11) is 1.72. The molecule has 30 heavy (non-hydrogen) atoms. The van der Waals surface area contributed by atoms with Crippen molar-refractivity contribution in [1.82, 2.24) is 14.5 Å². The molecule has 162 valence electrons. The predicted octanol–water partition coefficient (Wildman–Crippen LogP) is 3.10. The molecule has 0 unspecified atom stereocenters. The van der Waals surface area contributed by atoms with E-state index in [-0.39, 0.29) is 6.03 Å². The highest BCUT2D eigenvalue weighted by Crippen LogP contribution is 2.32. The number of carbonyl (C=O) groups excluding carboxylic acids is 1. The van der Waals surface area contributed by atoms with Gasteiger partial charge in [0.15, 0.2) is 11.5 Å². The van der Waals surface area contributed by atoms with Gasteiger partial charge >= 0.3 is 6.03 Å². The van der Waals surface area contributed by atoms with Crippen molar-refractivity contribution in [2.75, 3.05) is 45.3 Å². The van der Waals surface area contributed by atoms with Gasteiger partial charge in [-0.15, -0.1) is 0 Å². The number of benzene rings is 1. The molecule has 2 aromatic rings. The maximum Gasteiger partial charge on any atom is 0.321 e. The van der Waals surface area contributed by atoms with Crippen molar-refractivity contribution in [3.8, 4) is 11.5 Å². The second-order valence-electron chi connectivity index (χ2n) is 7.88. The fourth-order valence-corrected chi connectivity index (χ4v) is 4.08. The summed E-state index contributed by atoms with van der Waals surface area (Å²) in [6.45, 7) is 6.17. The number of aromatic nitrogens is 2. The Hall–Kier alpha value is -2.74. The lowest BCUT2D eigenvalue weighted by Crippen LogP contribution is -2.41. The summed E-state index contributed by atoms with van der Waals surface area (Å²) in [5.41, 5.74) is 1.89. The molecule has 0 radical (unpaired) electrons. The zero-order valence-electron chi connectivity index (χ0n) is 17.7. The number of anilines is 1. The number of methoxy groups -OCH3 is 1. The van der Waals surface area contributed by atoms with Crippen LogP contribution in [0.25, 0.3) is 0 Å². The molecule has 8 heteroatoms. The maximum absolute atomic E-state index is 12.7. The van der Waals surface area contributed by atoms with E-state index < -0.39 is 0 Å². The number of urea groups is 1. The molecule has 2 amide bonds. The third kappa shape index (κ3) is 4.70. The molecule has 0 atom stereocenters. The topological polar surface area (TPSA) is 77.9 Å². The Bertz CT molecular complexity index is 874. The van der Waals surface area contributed by atoms with E-state index in [9.17, 15) is 4.79 Å². The van der Waals surface area contributed by atoms with Gasteiger partial charge in [0.1, 0.15) is 19.0 Å². The number of likely N-dealkylation sites (tertiary alicyclic amines) is 1. The van der Waals surface area contributed by atoms with E-state index in [1.807, 2.05) is 29.3 Å². The van der Waals surface area contributed by atoms with E-state index in [4.69, 9.17) is 14.2 Å². The van der Waals surface area contributed by atoms with E-state index in [1.54, 1.807) is 7.11 Å². The molecule has 3 heterocycles. The number of piperidine rings is 1. The molecule has 1 N–H and O–H groups in total. The van der Waals surface area contributed by atoms with E-state index in [0.29, 0.717) is 31.5 Å². The molecule has 4 rings (SSSR count). The molecular weight excluding hydrogens is 384 g/mol. The Morgan fingerprint density at radius 1 is 1.23 bits per heavy atom. The van der Waals surface area contributed by atoms with Crippen LogP contribution in [0.1, 0.15) is 24.4 Å². The lowest BCUT2D eigenvalue weighted by Gasteiger charge is -2.32. The van der Waals surface area contributed by atoms with Gasteiger partial charge in [-0.05, 0) is 37.8 Å². The average Bonchev–Trinajstić information content (AvgIpc) is 3.11. The number of nitrogens with zero attached hydrogens (tertiary/aromatic N) is 3. The van der Waals surface area contributed by atoms with Crippen LogP contribution in [0.2, 0.25) is 0 Å². The van der Waals surface area contributed by atoms with Crippen LogP contribution in [-0.4, -0.2) is 60.5 Å². The van der Waals surface area contributed by atoms with Crippen LogP contribution in [0.5, 0.6) is 11.5 Å². The van der Waals surface area contributed by atoms with Crippen molar-refractivity contribution in [3.05, 3.63) is 35.9 Å². The number of ether oxygens (including phenoxy) is 3. The van der Waals surface area contributed by atoms with Crippen LogP contribution >= 0.6 is 0 Å². The largest absolute Gasteiger partial charge is 0.486 e. The van der Waals surface area contributed by atoms with Crippen molar-refractivity contribution >= 4 is 11.7 Å². The van der Waals surface area contributed by atoms with Gasteiger partial charge in [0.2, 0.25) is 0 Å². The number of hydrogen-bond donors (Lipinski definition) is 1. The first kappa shape index (κ1) is 20.5. The number of fused-ring (bicyclic) bond motifs is 1. The van der Waals surface area contributed by atoms with Crippen LogP contribution in [0.4, 0.5) is 10.5 Å². The molecule has 0 aliphatic carbocycles. The van der Waals surface area contributed by atoms with Gasteiger partial charge in [-0.3, -0.25) is 0 Å². The molecule has 2 aliphatic heterocycles. The van der Waals surface area contributed by atoms with E-state index in [2.05, 4.69) is 21.8 Å². The molecule has 1 saturated heterocycles. The van der Waals surface area contributed by atoms with Crippen LogP contribution < -0.4 is 14.8 Å². The second kappa shape index (κ2) is 9.38. The maximum atomic E-state index is 12.7. The number of aryl methyl sites for hydroxylation is 1. The Kier molecular flexibility index (Phi) is 6.42. The molecule has 8 nitrogen and oxygen atoms in total. The minimum Gasteiger partial charge on any atom is -0.486 e. The minimum atomic E-state index is -0.0671. The number of nitrogens with one attached hydrogen (secondary N) is 1.